The lowest BCUT2D eigenvalue weighted by Crippen LogP contribution is -2.30. The van der Waals surface area contributed by atoms with Crippen LogP contribution in [0.5, 0.6) is 0 Å². The van der Waals surface area contributed by atoms with Crippen molar-refractivity contribution in [3.05, 3.63) is 52.9 Å². The molecule has 0 saturated heterocycles. The molecule has 0 spiro atoms. The number of rotatable bonds is 15. The molecule has 2 aromatic rings. The number of Topliss-reactive ketones (excluding diaryl/α,β-unsaturated/α-hetero) is 1. The normalized spacial score (nSPS) is 14.4. The fraction of sp³-hybridized carbons (Fsp3) is 0.600. The van der Waals surface area contributed by atoms with Crippen LogP contribution in [0.3, 0.4) is 0 Å². The van der Waals surface area contributed by atoms with E-state index in [9.17, 15) is 14.4 Å². The fourth-order valence-corrected chi connectivity index (χ4v) is 4.44. The van der Waals surface area contributed by atoms with Gasteiger partial charge in [-0.1, -0.05) is 49.3 Å². The molecule has 38 heavy (non-hydrogen) atoms. The van der Waals surface area contributed by atoms with Crippen molar-refractivity contribution in [1.29, 1.82) is 0 Å². The Hall–Kier alpha value is -3.00. The Kier molecular flexibility index (Phi) is 10.6. The minimum absolute atomic E-state index is 0.0284. The van der Waals surface area contributed by atoms with Crippen LogP contribution in [-0.4, -0.2) is 41.6 Å². The number of esters is 1. The van der Waals surface area contributed by atoms with Crippen LogP contribution in [0.2, 0.25) is 0 Å². The number of hydrogen-bond acceptors (Lipinski definition) is 7. The third kappa shape index (κ3) is 9.71. The Morgan fingerprint density at radius 2 is 1.82 bits per heavy atom. The molecule has 1 saturated carbocycles. The standard InChI is InChI=1S/C30H42N2O6/c1-20(2)16-24(33)18-31-29(35)28-26(22-13-14-22)27(32-38-28)23(17-25(34)37-30(3,4)5)12-9-15-36-19-21-10-7-6-8-11-21/h6-8,10-11,20,22-23H,9,12-19H2,1-5H3,(H,31,35)/t23-/m0/s1. The minimum atomic E-state index is -0.600. The molecular weight excluding hydrogens is 484 g/mol. The van der Waals surface area contributed by atoms with Crippen molar-refractivity contribution in [3.63, 3.8) is 0 Å². The quantitative estimate of drug-likeness (QED) is 0.234. The Bertz CT molecular complexity index is 1070. The second-order valence-corrected chi connectivity index (χ2v) is 11.6. The molecule has 1 aliphatic carbocycles. The molecule has 0 bridgehead atoms. The lowest BCUT2D eigenvalue weighted by atomic mass is 9.90. The summed E-state index contributed by atoms with van der Waals surface area (Å²) in [6, 6.07) is 9.97. The van der Waals surface area contributed by atoms with Gasteiger partial charge in [-0.3, -0.25) is 14.4 Å². The van der Waals surface area contributed by atoms with Crippen molar-refractivity contribution in [1.82, 2.24) is 10.5 Å². The first-order valence-corrected chi connectivity index (χ1v) is 13.7. The predicted molar refractivity (Wildman–Crippen MR) is 144 cm³/mol. The maximum atomic E-state index is 13.0. The van der Waals surface area contributed by atoms with Gasteiger partial charge in [-0.2, -0.15) is 0 Å². The highest BCUT2D eigenvalue weighted by atomic mass is 16.6. The molecule has 1 aliphatic rings. The van der Waals surface area contributed by atoms with Crippen molar-refractivity contribution in [2.75, 3.05) is 13.2 Å². The van der Waals surface area contributed by atoms with Crippen LogP contribution in [0, 0.1) is 5.92 Å². The summed E-state index contributed by atoms with van der Waals surface area (Å²) in [5.41, 5.74) is 1.91. The molecule has 1 fully saturated rings. The number of carbonyl (C=O) groups excluding carboxylic acids is 3. The fourth-order valence-electron chi connectivity index (χ4n) is 4.44. The number of nitrogens with zero attached hydrogens (tertiary/aromatic N) is 1. The van der Waals surface area contributed by atoms with Crippen LogP contribution in [0.4, 0.5) is 0 Å². The van der Waals surface area contributed by atoms with Gasteiger partial charge in [-0.25, -0.2) is 0 Å². The van der Waals surface area contributed by atoms with E-state index in [1.54, 1.807) is 0 Å². The van der Waals surface area contributed by atoms with Gasteiger partial charge in [0.05, 0.1) is 25.3 Å². The van der Waals surface area contributed by atoms with E-state index in [0.29, 0.717) is 38.2 Å². The van der Waals surface area contributed by atoms with Crippen LogP contribution in [0.15, 0.2) is 34.9 Å². The number of benzene rings is 1. The maximum Gasteiger partial charge on any atom is 0.306 e. The maximum absolute atomic E-state index is 13.0. The third-order valence-corrected chi connectivity index (χ3v) is 6.20. The van der Waals surface area contributed by atoms with E-state index in [1.165, 1.54) is 0 Å². The van der Waals surface area contributed by atoms with Crippen molar-refractivity contribution >= 4 is 17.7 Å². The minimum Gasteiger partial charge on any atom is -0.460 e. The zero-order chi connectivity index (χ0) is 27.7. The molecule has 1 atom stereocenters. The van der Waals surface area contributed by atoms with Crippen molar-refractivity contribution < 1.29 is 28.4 Å². The zero-order valence-electron chi connectivity index (χ0n) is 23.4. The van der Waals surface area contributed by atoms with Gasteiger partial charge in [0, 0.05) is 24.5 Å². The van der Waals surface area contributed by atoms with Crippen LogP contribution in [0.25, 0.3) is 0 Å². The summed E-state index contributed by atoms with van der Waals surface area (Å²) in [7, 11) is 0. The summed E-state index contributed by atoms with van der Waals surface area (Å²) >= 11 is 0. The smallest absolute Gasteiger partial charge is 0.306 e. The van der Waals surface area contributed by atoms with Crippen molar-refractivity contribution in [3.8, 4) is 0 Å². The molecule has 208 valence electrons. The Morgan fingerprint density at radius 1 is 1.11 bits per heavy atom. The number of carbonyl (C=O) groups is 3. The van der Waals surface area contributed by atoms with E-state index < -0.39 is 11.5 Å². The number of ether oxygens (including phenoxy) is 2. The van der Waals surface area contributed by atoms with Gasteiger partial charge in [0.15, 0.2) is 5.78 Å². The first kappa shape index (κ1) is 29.6. The second-order valence-electron chi connectivity index (χ2n) is 11.6. The molecule has 0 aliphatic heterocycles. The second kappa shape index (κ2) is 13.7. The largest absolute Gasteiger partial charge is 0.460 e. The average molecular weight is 527 g/mol. The van der Waals surface area contributed by atoms with E-state index in [4.69, 9.17) is 14.0 Å². The topological polar surface area (TPSA) is 108 Å². The van der Waals surface area contributed by atoms with Gasteiger partial charge in [-0.05, 0) is 63.9 Å². The molecule has 0 radical (unpaired) electrons. The summed E-state index contributed by atoms with van der Waals surface area (Å²) < 4.78 is 17.0. The van der Waals surface area contributed by atoms with E-state index in [-0.39, 0.29) is 48.2 Å². The van der Waals surface area contributed by atoms with Crippen LogP contribution < -0.4 is 5.32 Å². The molecule has 1 amide bonds. The number of amides is 1. The molecule has 3 rings (SSSR count). The first-order chi connectivity index (χ1) is 18.0. The van der Waals surface area contributed by atoms with E-state index in [2.05, 4.69) is 10.5 Å². The summed E-state index contributed by atoms with van der Waals surface area (Å²) in [6.45, 7) is 10.5. The molecule has 8 nitrogen and oxygen atoms in total. The predicted octanol–water partition coefficient (Wildman–Crippen LogP) is 5.71. The highest BCUT2D eigenvalue weighted by Gasteiger charge is 2.38. The van der Waals surface area contributed by atoms with Crippen molar-refractivity contribution in [2.24, 2.45) is 5.92 Å². The van der Waals surface area contributed by atoms with E-state index in [0.717, 1.165) is 24.0 Å². The summed E-state index contributed by atoms with van der Waals surface area (Å²) in [6.07, 6.45) is 3.74. The van der Waals surface area contributed by atoms with Gasteiger partial charge < -0.3 is 19.3 Å². The highest BCUT2D eigenvalue weighted by molar-refractivity contribution is 5.96. The number of ketones is 1. The molecule has 0 unspecified atom stereocenters. The van der Waals surface area contributed by atoms with E-state index >= 15 is 0 Å². The Labute approximate surface area is 225 Å². The highest BCUT2D eigenvalue weighted by Crippen LogP contribution is 2.46. The molecule has 1 aromatic heterocycles. The lowest BCUT2D eigenvalue weighted by molar-refractivity contribution is -0.155. The van der Waals surface area contributed by atoms with Crippen LogP contribution >= 0.6 is 0 Å². The molecule has 1 heterocycles. The van der Waals surface area contributed by atoms with Gasteiger partial charge in [0.1, 0.15) is 5.60 Å². The number of hydrogen-bond donors (Lipinski definition) is 1. The number of nitrogens with one attached hydrogen (secondary N) is 1. The van der Waals surface area contributed by atoms with Gasteiger partial charge in [-0.15, -0.1) is 0 Å². The average Bonchev–Trinajstić information content (AvgIpc) is 3.58. The van der Waals surface area contributed by atoms with Crippen molar-refractivity contribution in [2.45, 2.75) is 97.2 Å². The SMILES string of the molecule is CC(C)CC(=O)CNC(=O)c1onc([C@@H](CCCOCc2ccccc2)CC(=O)OC(C)(C)C)c1C1CC1. The van der Waals surface area contributed by atoms with Gasteiger partial charge in [0.2, 0.25) is 5.76 Å². The van der Waals surface area contributed by atoms with Crippen LogP contribution in [-0.2, 0) is 25.7 Å². The Morgan fingerprint density at radius 3 is 2.45 bits per heavy atom. The monoisotopic (exact) mass is 526 g/mol. The summed E-state index contributed by atoms with van der Waals surface area (Å²) in [5.74, 6) is -0.516. The number of aromatic nitrogens is 1. The Balaban J connectivity index is 1.70. The molecular formula is C30H42N2O6. The first-order valence-electron chi connectivity index (χ1n) is 13.7. The molecule has 8 heteroatoms. The summed E-state index contributed by atoms with van der Waals surface area (Å²) in [5, 5.41) is 6.99. The molecule has 1 N–H and O–H groups in total. The van der Waals surface area contributed by atoms with Crippen LogP contribution in [0.1, 0.15) is 112 Å². The third-order valence-electron chi connectivity index (χ3n) is 6.20. The lowest BCUT2D eigenvalue weighted by Gasteiger charge is -2.22. The van der Waals surface area contributed by atoms with E-state index in [1.807, 2.05) is 65.0 Å². The van der Waals surface area contributed by atoms with Gasteiger partial charge in [0.25, 0.3) is 5.91 Å². The summed E-state index contributed by atoms with van der Waals surface area (Å²) in [4.78, 5) is 37.9. The molecule has 1 aromatic carbocycles. The van der Waals surface area contributed by atoms with Gasteiger partial charge >= 0.3 is 5.97 Å². The zero-order valence-corrected chi connectivity index (χ0v) is 23.4.